The van der Waals surface area contributed by atoms with E-state index in [-0.39, 0.29) is 0 Å². The van der Waals surface area contributed by atoms with Crippen molar-refractivity contribution in [2.45, 2.75) is 6.42 Å². The number of anilines is 2. The molecule has 0 amide bonds. The lowest BCUT2D eigenvalue weighted by molar-refractivity contribution is 0.934. The van der Waals surface area contributed by atoms with E-state index in [4.69, 9.17) is 5.73 Å². The number of fused-ring (bicyclic) bond motifs is 2. The van der Waals surface area contributed by atoms with Crippen LogP contribution in [0.1, 0.15) is 11.1 Å². The normalized spacial score (nSPS) is 13.2. The zero-order valence-corrected chi connectivity index (χ0v) is 9.06. The highest BCUT2D eigenvalue weighted by Gasteiger charge is 2.20. The number of rotatable bonds is 1. The lowest BCUT2D eigenvalue weighted by atomic mass is 9.96. The van der Waals surface area contributed by atoms with Crippen molar-refractivity contribution in [1.82, 2.24) is 0 Å². The van der Waals surface area contributed by atoms with Crippen LogP contribution in [0.4, 0.5) is 11.4 Å². The summed E-state index contributed by atoms with van der Waals surface area (Å²) in [4.78, 5) is 2.17. The Hall–Kier alpha value is -1.80. The van der Waals surface area contributed by atoms with Gasteiger partial charge in [0, 0.05) is 17.8 Å². The van der Waals surface area contributed by atoms with Gasteiger partial charge in [0.25, 0.3) is 0 Å². The van der Waals surface area contributed by atoms with Gasteiger partial charge in [-0.15, -0.1) is 0 Å². The monoisotopic (exact) mass is 210 g/mol. The van der Waals surface area contributed by atoms with Crippen LogP contribution in [0.3, 0.4) is 0 Å². The van der Waals surface area contributed by atoms with Crippen molar-refractivity contribution in [3.8, 4) is 0 Å². The zero-order chi connectivity index (χ0) is 11.0. The standard InChI is InChI=1S/C14H14N2/c15-10-16-13-7-3-1-5-11(13)9-12-6-2-4-8-14(12)16/h1-8H,9-10,15H2. The largest absolute Gasteiger partial charge is 0.328 e. The molecule has 0 saturated heterocycles. The van der Waals surface area contributed by atoms with Gasteiger partial charge in [-0.3, -0.25) is 0 Å². The first-order chi connectivity index (χ1) is 7.90. The molecule has 16 heavy (non-hydrogen) atoms. The number of benzene rings is 2. The van der Waals surface area contributed by atoms with E-state index >= 15 is 0 Å². The number of nitrogens with zero attached hydrogens (tertiary/aromatic N) is 1. The fraction of sp³-hybridized carbons (Fsp3) is 0.143. The molecule has 1 aliphatic rings. The second-order valence-electron chi connectivity index (χ2n) is 4.04. The van der Waals surface area contributed by atoms with Crippen LogP contribution in [0, 0.1) is 0 Å². The fourth-order valence-electron chi connectivity index (χ4n) is 2.38. The van der Waals surface area contributed by atoms with Crippen LogP contribution in [0.15, 0.2) is 48.5 Å². The number of para-hydroxylation sites is 2. The van der Waals surface area contributed by atoms with Crippen LogP contribution in [0.5, 0.6) is 0 Å². The van der Waals surface area contributed by atoms with E-state index in [1.54, 1.807) is 0 Å². The second-order valence-corrected chi connectivity index (χ2v) is 4.04. The third-order valence-corrected chi connectivity index (χ3v) is 3.13. The van der Waals surface area contributed by atoms with Gasteiger partial charge in [-0.1, -0.05) is 36.4 Å². The van der Waals surface area contributed by atoms with E-state index in [0.717, 1.165) is 6.42 Å². The molecule has 0 atom stereocenters. The highest BCUT2D eigenvalue weighted by molar-refractivity contribution is 5.73. The van der Waals surface area contributed by atoms with E-state index in [0.29, 0.717) is 6.67 Å². The molecule has 0 aromatic heterocycles. The topological polar surface area (TPSA) is 29.3 Å². The summed E-state index contributed by atoms with van der Waals surface area (Å²) in [7, 11) is 0. The minimum absolute atomic E-state index is 0.522. The molecule has 80 valence electrons. The van der Waals surface area contributed by atoms with Gasteiger partial charge in [0.05, 0.1) is 6.67 Å². The van der Waals surface area contributed by atoms with Crippen molar-refractivity contribution in [3.05, 3.63) is 59.7 Å². The maximum atomic E-state index is 5.86. The van der Waals surface area contributed by atoms with E-state index in [2.05, 4.69) is 53.4 Å². The number of hydrogen-bond acceptors (Lipinski definition) is 2. The summed E-state index contributed by atoms with van der Waals surface area (Å²) >= 11 is 0. The first-order valence-electron chi connectivity index (χ1n) is 5.53. The zero-order valence-electron chi connectivity index (χ0n) is 9.06. The van der Waals surface area contributed by atoms with Crippen LogP contribution < -0.4 is 10.6 Å². The van der Waals surface area contributed by atoms with Gasteiger partial charge in [-0.05, 0) is 23.3 Å². The molecule has 2 aromatic carbocycles. The fourth-order valence-corrected chi connectivity index (χ4v) is 2.38. The average Bonchev–Trinajstić information content (AvgIpc) is 2.36. The third kappa shape index (κ3) is 1.31. The lowest BCUT2D eigenvalue weighted by Crippen LogP contribution is -2.29. The van der Waals surface area contributed by atoms with Crippen molar-refractivity contribution in [2.24, 2.45) is 5.73 Å². The van der Waals surface area contributed by atoms with Crippen LogP contribution in [0.25, 0.3) is 0 Å². The third-order valence-electron chi connectivity index (χ3n) is 3.13. The molecule has 3 rings (SSSR count). The summed E-state index contributed by atoms with van der Waals surface area (Å²) in [6.07, 6.45) is 1.00. The Balaban J connectivity index is 2.19. The number of hydrogen-bond donors (Lipinski definition) is 1. The van der Waals surface area contributed by atoms with Crippen LogP contribution in [-0.2, 0) is 6.42 Å². The van der Waals surface area contributed by atoms with Crippen molar-refractivity contribution in [3.63, 3.8) is 0 Å². The Morgan fingerprint density at radius 1 is 0.875 bits per heavy atom. The Morgan fingerprint density at radius 2 is 1.38 bits per heavy atom. The minimum atomic E-state index is 0.522. The molecule has 0 saturated carbocycles. The molecule has 1 aliphatic heterocycles. The average molecular weight is 210 g/mol. The lowest BCUT2D eigenvalue weighted by Gasteiger charge is -2.32. The molecular weight excluding hydrogens is 196 g/mol. The molecule has 2 nitrogen and oxygen atoms in total. The quantitative estimate of drug-likeness (QED) is 0.784. The molecule has 2 aromatic rings. The molecule has 0 bridgehead atoms. The van der Waals surface area contributed by atoms with Crippen molar-refractivity contribution < 1.29 is 0 Å². The Labute approximate surface area is 95.3 Å². The molecule has 0 fully saturated rings. The summed E-state index contributed by atoms with van der Waals surface area (Å²) in [6, 6.07) is 16.9. The van der Waals surface area contributed by atoms with Gasteiger partial charge < -0.3 is 10.6 Å². The van der Waals surface area contributed by atoms with Gasteiger partial charge >= 0.3 is 0 Å². The Morgan fingerprint density at radius 3 is 1.88 bits per heavy atom. The van der Waals surface area contributed by atoms with Crippen molar-refractivity contribution in [2.75, 3.05) is 11.6 Å². The summed E-state index contributed by atoms with van der Waals surface area (Å²) in [5.74, 6) is 0. The van der Waals surface area contributed by atoms with Gasteiger partial charge in [0.2, 0.25) is 0 Å². The molecule has 0 aliphatic carbocycles. The Kier molecular flexibility index (Phi) is 2.15. The maximum Gasteiger partial charge on any atom is 0.0706 e. The molecule has 0 spiro atoms. The van der Waals surface area contributed by atoms with E-state index in [1.165, 1.54) is 22.5 Å². The number of nitrogens with two attached hydrogens (primary N) is 1. The highest BCUT2D eigenvalue weighted by Crippen LogP contribution is 2.37. The second kappa shape index (κ2) is 3.65. The van der Waals surface area contributed by atoms with Crippen molar-refractivity contribution in [1.29, 1.82) is 0 Å². The van der Waals surface area contributed by atoms with E-state index in [1.807, 2.05) is 0 Å². The Bertz CT molecular complexity index is 474. The maximum absolute atomic E-state index is 5.86. The van der Waals surface area contributed by atoms with Crippen LogP contribution in [-0.4, -0.2) is 6.67 Å². The summed E-state index contributed by atoms with van der Waals surface area (Å²) in [5, 5.41) is 0. The smallest absolute Gasteiger partial charge is 0.0706 e. The molecular formula is C14H14N2. The molecule has 2 heteroatoms. The van der Waals surface area contributed by atoms with Crippen LogP contribution >= 0.6 is 0 Å². The molecule has 0 unspecified atom stereocenters. The molecule has 0 radical (unpaired) electrons. The van der Waals surface area contributed by atoms with Crippen LogP contribution in [0.2, 0.25) is 0 Å². The predicted octanol–water partition coefficient (Wildman–Crippen LogP) is 2.65. The summed E-state index contributed by atoms with van der Waals surface area (Å²) in [5.41, 5.74) is 11.0. The summed E-state index contributed by atoms with van der Waals surface area (Å²) in [6.45, 7) is 0.522. The molecule has 1 heterocycles. The van der Waals surface area contributed by atoms with E-state index < -0.39 is 0 Å². The van der Waals surface area contributed by atoms with Gasteiger partial charge in [0.1, 0.15) is 0 Å². The van der Waals surface area contributed by atoms with Gasteiger partial charge in [0.15, 0.2) is 0 Å². The van der Waals surface area contributed by atoms with E-state index in [9.17, 15) is 0 Å². The molecule has 2 N–H and O–H groups in total. The van der Waals surface area contributed by atoms with Gasteiger partial charge in [-0.25, -0.2) is 0 Å². The predicted molar refractivity (Wildman–Crippen MR) is 66.9 cm³/mol. The van der Waals surface area contributed by atoms with Gasteiger partial charge in [-0.2, -0.15) is 0 Å². The first-order valence-corrected chi connectivity index (χ1v) is 5.53. The van der Waals surface area contributed by atoms with Crippen molar-refractivity contribution >= 4 is 11.4 Å². The summed E-state index contributed by atoms with van der Waals surface area (Å²) < 4.78 is 0. The first kappa shape index (κ1) is 9.43. The minimum Gasteiger partial charge on any atom is -0.328 e. The highest BCUT2D eigenvalue weighted by atomic mass is 15.2. The SMILES string of the molecule is NCN1c2ccccc2Cc2ccccc21.